The monoisotopic (exact) mass is 525 g/mol. The summed E-state index contributed by atoms with van der Waals surface area (Å²) >= 11 is 7.33. The van der Waals surface area contributed by atoms with Crippen molar-refractivity contribution in [1.82, 2.24) is 4.90 Å². The van der Waals surface area contributed by atoms with Gasteiger partial charge < -0.3 is 14.2 Å². The highest BCUT2D eigenvalue weighted by Crippen LogP contribution is 2.40. The summed E-state index contributed by atoms with van der Waals surface area (Å²) in [6.07, 6.45) is 1.54. The van der Waals surface area contributed by atoms with Crippen LogP contribution in [0, 0.1) is 0 Å². The molecule has 36 heavy (non-hydrogen) atoms. The molecule has 1 fully saturated rings. The SMILES string of the molecule is CCOc1cc(/C=C2/SC(=O)N([C@H](C)C(=O)OC)C2=O)cc(Cl)c1OCc1cccc2ccccc12. The lowest BCUT2D eigenvalue weighted by molar-refractivity contribution is -0.148. The van der Waals surface area contributed by atoms with Gasteiger partial charge in [0, 0.05) is 0 Å². The fourth-order valence-corrected chi connectivity index (χ4v) is 5.07. The van der Waals surface area contributed by atoms with E-state index in [0.29, 0.717) is 28.7 Å². The Balaban J connectivity index is 1.61. The molecule has 1 aliphatic rings. The van der Waals surface area contributed by atoms with Gasteiger partial charge in [-0.3, -0.25) is 14.5 Å². The van der Waals surface area contributed by atoms with Crippen LogP contribution in [-0.2, 0) is 20.9 Å². The summed E-state index contributed by atoms with van der Waals surface area (Å²) < 4.78 is 16.5. The van der Waals surface area contributed by atoms with Crippen LogP contribution in [0.15, 0.2) is 59.5 Å². The number of esters is 1. The molecule has 3 aromatic carbocycles. The quantitative estimate of drug-likeness (QED) is 0.261. The predicted molar refractivity (Wildman–Crippen MR) is 140 cm³/mol. The molecule has 4 rings (SSSR count). The largest absolute Gasteiger partial charge is 0.490 e. The molecule has 0 spiro atoms. The van der Waals surface area contributed by atoms with E-state index in [4.69, 9.17) is 21.1 Å². The highest BCUT2D eigenvalue weighted by molar-refractivity contribution is 8.18. The summed E-state index contributed by atoms with van der Waals surface area (Å²) in [5.74, 6) is -0.448. The first-order valence-corrected chi connectivity index (χ1v) is 12.4. The molecule has 0 aliphatic carbocycles. The van der Waals surface area contributed by atoms with Gasteiger partial charge in [0.25, 0.3) is 11.1 Å². The maximum Gasteiger partial charge on any atom is 0.328 e. The highest BCUT2D eigenvalue weighted by Gasteiger charge is 2.41. The van der Waals surface area contributed by atoms with Gasteiger partial charge in [0.05, 0.1) is 23.6 Å². The number of hydrogen-bond acceptors (Lipinski definition) is 7. The summed E-state index contributed by atoms with van der Waals surface area (Å²) in [5, 5.41) is 1.95. The first-order valence-electron chi connectivity index (χ1n) is 11.2. The number of rotatable bonds is 8. The maximum atomic E-state index is 12.8. The molecule has 0 saturated carbocycles. The molecule has 0 N–H and O–H groups in total. The topological polar surface area (TPSA) is 82.1 Å². The van der Waals surface area contributed by atoms with Crippen LogP contribution in [0.5, 0.6) is 11.5 Å². The number of methoxy groups -OCH3 is 1. The van der Waals surface area contributed by atoms with Gasteiger partial charge >= 0.3 is 5.97 Å². The number of carbonyl (C=O) groups is 3. The summed E-state index contributed by atoms with van der Waals surface area (Å²) in [5.41, 5.74) is 1.56. The third kappa shape index (κ3) is 5.20. The van der Waals surface area contributed by atoms with Crippen molar-refractivity contribution in [3.05, 3.63) is 75.7 Å². The van der Waals surface area contributed by atoms with E-state index in [2.05, 4.69) is 4.74 Å². The lowest BCUT2D eigenvalue weighted by atomic mass is 10.1. The van der Waals surface area contributed by atoms with Gasteiger partial charge in [-0.15, -0.1) is 0 Å². The van der Waals surface area contributed by atoms with E-state index in [1.807, 2.05) is 49.4 Å². The Hall–Kier alpha value is -3.49. The highest BCUT2D eigenvalue weighted by atomic mass is 35.5. The van der Waals surface area contributed by atoms with Crippen molar-refractivity contribution >= 4 is 57.3 Å². The number of benzene rings is 3. The number of amides is 2. The van der Waals surface area contributed by atoms with E-state index >= 15 is 0 Å². The number of thioether (sulfide) groups is 1. The molecule has 0 radical (unpaired) electrons. The second kappa shape index (κ2) is 11.1. The van der Waals surface area contributed by atoms with E-state index in [1.165, 1.54) is 20.1 Å². The van der Waals surface area contributed by atoms with Crippen molar-refractivity contribution in [3.63, 3.8) is 0 Å². The molecule has 0 unspecified atom stereocenters. The van der Waals surface area contributed by atoms with Gasteiger partial charge in [0.15, 0.2) is 11.5 Å². The zero-order valence-electron chi connectivity index (χ0n) is 19.9. The van der Waals surface area contributed by atoms with Crippen LogP contribution in [0.4, 0.5) is 4.79 Å². The van der Waals surface area contributed by atoms with E-state index in [0.717, 1.165) is 33.0 Å². The van der Waals surface area contributed by atoms with Crippen LogP contribution in [0.25, 0.3) is 16.8 Å². The third-order valence-electron chi connectivity index (χ3n) is 5.63. The molecule has 0 aromatic heterocycles. The Morgan fingerprint density at radius 2 is 1.86 bits per heavy atom. The lowest BCUT2D eigenvalue weighted by Crippen LogP contribution is -2.42. The summed E-state index contributed by atoms with van der Waals surface area (Å²) in [6.45, 7) is 3.94. The fourth-order valence-electron chi connectivity index (χ4n) is 3.88. The number of ether oxygens (including phenoxy) is 3. The van der Waals surface area contributed by atoms with Crippen LogP contribution in [0.1, 0.15) is 25.0 Å². The maximum absolute atomic E-state index is 12.8. The Morgan fingerprint density at radius 3 is 2.61 bits per heavy atom. The molecule has 1 heterocycles. The number of halogens is 1. The van der Waals surface area contributed by atoms with E-state index in [-0.39, 0.29) is 11.5 Å². The molecular formula is C27H24ClNO6S. The van der Waals surface area contributed by atoms with Gasteiger partial charge in [0.1, 0.15) is 12.6 Å². The molecule has 1 saturated heterocycles. The van der Waals surface area contributed by atoms with Crippen molar-refractivity contribution < 1.29 is 28.6 Å². The molecule has 3 aromatic rings. The van der Waals surface area contributed by atoms with Crippen LogP contribution >= 0.6 is 23.4 Å². The van der Waals surface area contributed by atoms with Crippen molar-refractivity contribution in [2.75, 3.05) is 13.7 Å². The summed E-state index contributed by atoms with van der Waals surface area (Å²) in [6, 6.07) is 16.4. The average molecular weight is 526 g/mol. The average Bonchev–Trinajstić information content (AvgIpc) is 3.15. The molecule has 2 amide bonds. The first-order chi connectivity index (χ1) is 17.3. The normalized spacial score (nSPS) is 15.4. The molecule has 1 aliphatic heterocycles. The van der Waals surface area contributed by atoms with Crippen molar-refractivity contribution in [2.24, 2.45) is 0 Å². The Bertz CT molecular complexity index is 1370. The summed E-state index contributed by atoms with van der Waals surface area (Å²) in [4.78, 5) is 38.1. The summed E-state index contributed by atoms with van der Waals surface area (Å²) in [7, 11) is 1.20. The second-order valence-electron chi connectivity index (χ2n) is 7.94. The fraction of sp³-hybridized carbons (Fsp3) is 0.222. The second-order valence-corrected chi connectivity index (χ2v) is 9.34. The molecule has 7 nitrogen and oxygen atoms in total. The lowest BCUT2D eigenvalue weighted by Gasteiger charge is -2.18. The van der Waals surface area contributed by atoms with Crippen LogP contribution in [0.3, 0.4) is 0 Å². The van der Waals surface area contributed by atoms with Gasteiger partial charge in [0.2, 0.25) is 0 Å². The van der Waals surface area contributed by atoms with Crippen molar-refractivity contribution in [1.29, 1.82) is 0 Å². The number of fused-ring (bicyclic) bond motifs is 1. The molecule has 9 heteroatoms. The standard InChI is InChI=1S/C27H24ClNO6S/c1-4-34-22-13-17(14-23-25(30)29(27(32)36-23)16(2)26(31)33-3)12-21(28)24(22)35-15-19-10-7-9-18-8-5-6-11-20(18)19/h5-14,16H,4,15H2,1-3H3/b23-14+/t16-/m1/s1. The Labute approximate surface area is 218 Å². The van der Waals surface area contributed by atoms with Gasteiger partial charge in [-0.05, 0) is 65.7 Å². The molecule has 186 valence electrons. The van der Waals surface area contributed by atoms with Crippen LogP contribution in [0.2, 0.25) is 5.02 Å². The van der Waals surface area contributed by atoms with E-state index < -0.39 is 23.2 Å². The molecule has 1 atom stereocenters. The molecule has 0 bridgehead atoms. The van der Waals surface area contributed by atoms with E-state index in [9.17, 15) is 14.4 Å². The Kier molecular flexibility index (Phi) is 7.86. The number of hydrogen-bond donors (Lipinski definition) is 0. The zero-order chi connectivity index (χ0) is 25.8. The number of carbonyl (C=O) groups excluding carboxylic acids is 3. The minimum Gasteiger partial charge on any atom is -0.490 e. The van der Waals surface area contributed by atoms with Gasteiger partial charge in [-0.2, -0.15) is 0 Å². The number of imide groups is 1. The minimum atomic E-state index is -1.03. The first kappa shape index (κ1) is 25.6. The van der Waals surface area contributed by atoms with Gasteiger partial charge in [-0.25, -0.2) is 4.79 Å². The van der Waals surface area contributed by atoms with Crippen molar-refractivity contribution in [3.8, 4) is 11.5 Å². The van der Waals surface area contributed by atoms with Crippen molar-refractivity contribution in [2.45, 2.75) is 26.5 Å². The van der Waals surface area contributed by atoms with Crippen LogP contribution < -0.4 is 9.47 Å². The number of nitrogens with zero attached hydrogens (tertiary/aromatic N) is 1. The third-order valence-corrected chi connectivity index (χ3v) is 6.80. The Morgan fingerprint density at radius 1 is 1.11 bits per heavy atom. The predicted octanol–water partition coefficient (Wildman–Crippen LogP) is 6.07. The minimum absolute atomic E-state index is 0.165. The van der Waals surface area contributed by atoms with E-state index in [1.54, 1.807) is 12.1 Å². The zero-order valence-corrected chi connectivity index (χ0v) is 21.5. The molecular weight excluding hydrogens is 502 g/mol. The smallest absolute Gasteiger partial charge is 0.328 e. The van der Waals surface area contributed by atoms with Crippen LogP contribution in [-0.4, -0.2) is 41.8 Å². The van der Waals surface area contributed by atoms with Gasteiger partial charge in [-0.1, -0.05) is 54.1 Å².